The summed E-state index contributed by atoms with van der Waals surface area (Å²) in [5.74, 6) is 0.768. The Morgan fingerprint density at radius 3 is 2.79 bits per heavy atom. The van der Waals surface area contributed by atoms with Crippen LogP contribution < -0.4 is 4.74 Å². The lowest BCUT2D eigenvalue weighted by atomic mass is 9.96. The number of ketones is 1. The molecule has 0 radical (unpaired) electrons. The maximum Gasteiger partial charge on any atom is 0.170 e. The van der Waals surface area contributed by atoms with Crippen LogP contribution in [0.3, 0.4) is 0 Å². The third-order valence-corrected chi connectivity index (χ3v) is 3.80. The third kappa shape index (κ3) is 2.24. The van der Waals surface area contributed by atoms with E-state index in [9.17, 15) is 4.79 Å². The molecule has 1 atom stereocenters. The first-order valence-electron chi connectivity index (χ1n) is 6.20. The molecular weight excluding hydrogens is 260 g/mol. The van der Waals surface area contributed by atoms with Crippen LogP contribution in [0.5, 0.6) is 5.75 Å². The van der Waals surface area contributed by atoms with Gasteiger partial charge in [0, 0.05) is 5.02 Å². The van der Waals surface area contributed by atoms with Crippen molar-refractivity contribution in [3.05, 3.63) is 64.2 Å². The highest BCUT2D eigenvalue weighted by molar-refractivity contribution is 6.31. The molecule has 2 aromatic rings. The van der Waals surface area contributed by atoms with Gasteiger partial charge in [0.05, 0.1) is 12.0 Å². The lowest BCUT2D eigenvalue weighted by Gasteiger charge is -2.25. The summed E-state index contributed by atoms with van der Waals surface area (Å²) in [6.07, 6.45) is 0.108. The van der Waals surface area contributed by atoms with Crippen LogP contribution >= 0.6 is 11.6 Å². The van der Waals surface area contributed by atoms with Gasteiger partial charge >= 0.3 is 0 Å². The molecule has 0 bridgehead atoms. The van der Waals surface area contributed by atoms with Crippen molar-refractivity contribution in [1.29, 1.82) is 0 Å². The smallest absolute Gasteiger partial charge is 0.170 e. The summed E-state index contributed by atoms with van der Waals surface area (Å²) < 4.78 is 5.90. The number of hydrogen-bond donors (Lipinski definition) is 0. The quantitative estimate of drug-likeness (QED) is 0.771. The van der Waals surface area contributed by atoms with E-state index in [1.165, 1.54) is 0 Å². The number of carbonyl (C=O) groups excluding carboxylic acids is 1. The molecule has 1 unspecified atom stereocenters. The minimum Gasteiger partial charge on any atom is -0.484 e. The Labute approximate surface area is 117 Å². The molecule has 0 N–H and O–H groups in total. The summed E-state index contributed by atoms with van der Waals surface area (Å²) in [5, 5.41) is 0.701. The van der Waals surface area contributed by atoms with Crippen LogP contribution in [-0.4, -0.2) is 5.78 Å². The van der Waals surface area contributed by atoms with E-state index in [0.29, 0.717) is 22.8 Å². The fourth-order valence-electron chi connectivity index (χ4n) is 2.27. The summed E-state index contributed by atoms with van der Waals surface area (Å²) in [4.78, 5) is 12.1. The van der Waals surface area contributed by atoms with Gasteiger partial charge in [0.2, 0.25) is 0 Å². The number of hydrogen-bond acceptors (Lipinski definition) is 2. The Morgan fingerprint density at radius 1 is 1.21 bits per heavy atom. The molecule has 1 aliphatic rings. The number of benzene rings is 2. The molecule has 1 heterocycles. The van der Waals surface area contributed by atoms with E-state index >= 15 is 0 Å². The van der Waals surface area contributed by atoms with Gasteiger partial charge in [-0.3, -0.25) is 4.79 Å². The van der Waals surface area contributed by atoms with Gasteiger partial charge in [-0.05, 0) is 36.2 Å². The molecule has 3 heteroatoms. The molecule has 0 saturated heterocycles. The minimum absolute atomic E-state index is 0.114. The van der Waals surface area contributed by atoms with Crippen molar-refractivity contribution >= 4 is 17.4 Å². The first kappa shape index (κ1) is 12.2. The topological polar surface area (TPSA) is 26.3 Å². The minimum atomic E-state index is -0.250. The molecule has 19 heavy (non-hydrogen) atoms. The molecule has 0 aliphatic carbocycles. The SMILES string of the molecule is Cc1ccc(C2CC(=O)c3ccccc3O2)cc1Cl. The van der Waals surface area contributed by atoms with E-state index in [-0.39, 0.29) is 11.9 Å². The van der Waals surface area contributed by atoms with E-state index in [1.807, 2.05) is 43.3 Å². The number of Topliss-reactive ketones (excluding diaryl/α,β-unsaturated/α-hetero) is 1. The molecule has 3 rings (SSSR count). The van der Waals surface area contributed by atoms with Crippen LogP contribution in [-0.2, 0) is 0 Å². The Hall–Kier alpha value is -1.80. The monoisotopic (exact) mass is 272 g/mol. The molecule has 0 aromatic heterocycles. The molecule has 0 saturated carbocycles. The number of carbonyl (C=O) groups is 1. The van der Waals surface area contributed by atoms with Crippen molar-refractivity contribution < 1.29 is 9.53 Å². The van der Waals surface area contributed by atoms with Gasteiger partial charge < -0.3 is 4.74 Å². The Kier molecular flexibility index (Phi) is 3.03. The molecule has 0 spiro atoms. The Balaban J connectivity index is 1.96. The first-order valence-corrected chi connectivity index (χ1v) is 6.58. The van der Waals surface area contributed by atoms with Crippen LogP contribution in [0.1, 0.15) is 34.0 Å². The van der Waals surface area contributed by atoms with Crippen LogP contribution in [0.25, 0.3) is 0 Å². The number of ether oxygens (including phenoxy) is 1. The van der Waals surface area contributed by atoms with E-state index in [0.717, 1.165) is 11.1 Å². The molecular formula is C16H13ClO2. The summed E-state index contributed by atoms with van der Waals surface area (Å²) in [5.41, 5.74) is 2.63. The molecule has 1 aliphatic heterocycles. The van der Waals surface area contributed by atoms with Gasteiger partial charge in [0.15, 0.2) is 5.78 Å². The summed E-state index contributed by atoms with van der Waals surface area (Å²) in [6, 6.07) is 13.1. The third-order valence-electron chi connectivity index (χ3n) is 3.40. The highest BCUT2D eigenvalue weighted by atomic mass is 35.5. The second-order valence-corrected chi connectivity index (χ2v) is 5.15. The zero-order chi connectivity index (χ0) is 13.4. The van der Waals surface area contributed by atoms with E-state index in [1.54, 1.807) is 6.07 Å². The maximum atomic E-state index is 12.1. The van der Waals surface area contributed by atoms with Gasteiger partial charge in [-0.2, -0.15) is 0 Å². The highest BCUT2D eigenvalue weighted by Gasteiger charge is 2.27. The first-order chi connectivity index (χ1) is 9.15. The summed E-state index contributed by atoms with van der Waals surface area (Å²) in [6.45, 7) is 1.95. The van der Waals surface area contributed by atoms with Crippen LogP contribution in [0, 0.1) is 6.92 Å². The average molecular weight is 273 g/mol. The molecule has 2 aromatic carbocycles. The van der Waals surface area contributed by atoms with Crippen molar-refractivity contribution in [3.8, 4) is 5.75 Å². The maximum absolute atomic E-state index is 12.1. The fourth-order valence-corrected chi connectivity index (χ4v) is 2.46. The molecule has 2 nitrogen and oxygen atoms in total. The number of aryl methyl sites for hydroxylation is 1. The number of fused-ring (bicyclic) bond motifs is 1. The van der Waals surface area contributed by atoms with Crippen molar-refractivity contribution in [2.75, 3.05) is 0 Å². The predicted molar refractivity (Wildman–Crippen MR) is 74.9 cm³/mol. The van der Waals surface area contributed by atoms with Gasteiger partial charge in [-0.15, -0.1) is 0 Å². The molecule has 0 amide bonds. The van der Waals surface area contributed by atoms with E-state index in [4.69, 9.17) is 16.3 Å². The Morgan fingerprint density at radius 2 is 2.00 bits per heavy atom. The van der Waals surface area contributed by atoms with Gasteiger partial charge in [0.1, 0.15) is 11.9 Å². The van der Waals surface area contributed by atoms with E-state index in [2.05, 4.69) is 0 Å². The van der Waals surface area contributed by atoms with Crippen molar-refractivity contribution in [3.63, 3.8) is 0 Å². The fraction of sp³-hybridized carbons (Fsp3) is 0.188. The second kappa shape index (κ2) is 4.71. The van der Waals surface area contributed by atoms with Crippen LogP contribution in [0.15, 0.2) is 42.5 Å². The Bertz CT molecular complexity index is 649. The van der Waals surface area contributed by atoms with Gasteiger partial charge in [-0.1, -0.05) is 35.9 Å². The standard InChI is InChI=1S/C16H13ClO2/c1-10-6-7-11(8-13(10)17)16-9-14(18)12-4-2-3-5-15(12)19-16/h2-8,16H,9H2,1H3. The zero-order valence-corrected chi connectivity index (χ0v) is 11.3. The zero-order valence-electron chi connectivity index (χ0n) is 10.5. The average Bonchev–Trinajstić information content (AvgIpc) is 2.42. The number of para-hydroxylation sites is 1. The lowest BCUT2D eigenvalue weighted by molar-refractivity contribution is 0.0850. The van der Waals surface area contributed by atoms with Crippen molar-refractivity contribution in [1.82, 2.24) is 0 Å². The van der Waals surface area contributed by atoms with Crippen LogP contribution in [0.2, 0.25) is 5.02 Å². The van der Waals surface area contributed by atoms with Gasteiger partial charge in [-0.25, -0.2) is 0 Å². The predicted octanol–water partition coefficient (Wildman–Crippen LogP) is 4.35. The second-order valence-electron chi connectivity index (χ2n) is 4.74. The number of halogens is 1. The molecule has 0 fully saturated rings. The normalized spacial score (nSPS) is 17.8. The molecule has 96 valence electrons. The largest absolute Gasteiger partial charge is 0.484 e. The van der Waals surface area contributed by atoms with Crippen molar-refractivity contribution in [2.24, 2.45) is 0 Å². The van der Waals surface area contributed by atoms with E-state index < -0.39 is 0 Å². The lowest BCUT2D eigenvalue weighted by Crippen LogP contribution is -2.20. The highest BCUT2D eigenvalue weighted by Crippen LogP contribution is 2.35. The number of rotatable bonds is 1. The van der Waals surface area contributed by atoms with Crippen molar-refractivity contribution in [2.45, 2.75) is 19.4 Å². The van der Waals surface area contributed by atoms with Crippen LogP contribution in [0.4, 0.5) is 0 Å². The summed E-state index contributed by atoms with van der Waals surface area (Å²) in [7, 11) is 0. The van der Waals surface area contributed by atoms with Gasteiger partial charge in [0.25, 0.3) is 0 Å². The summed E-state index contributed by atoms with van der Waals surface area (Å²) >= 11 is 6.13.